The minimum absolute atomic E-state index is 0.337. The first-order valence-corrected chi connectivity index (χ1v) is 6.36. The van der Waals surface area contributed by atoms with Gasteiger partial charge in [0, 0.05) is 23.3 Å². The molecule has 0 bridgehead atoms. The van der Waals surface area contributed by atoms with E-state index in [1.54, 1.807) is 19.1 Å². The molecule has 0 amide bonds. The molecular weight excluding hydrogens is 262 g/mol. The van der Waals surface area contributed by atoms with Gasteiger partial charge in [-0.2, -0.15) is 0 Å². The van der Waals surface area contributed by atoms with Crippen molar-refractivity contribution in [3.05, 3.63) is 52.9 Å². The first-order valence-electron chi connectivity index (χ1n) is 5.98. The SMILES string of the molecule is Cc1cc(NCC(C)(O)c2cccc(Cl)c2)ncn1. The Bertz CT molecular complexity index is 572. The number of halogens is 1. The number of benzene rings is 1. The molecule has 100 valence electrons. The first-order chi connectivity index (χ1) is 8.97. The van der Waals surface area contributed by atoms with Crippen molar-refractivity contribution >= 4 is 17.4 Å². The molecule has 0 saturated carbocycles. The number of nitrogens with one attached hydrogen (secondary N) is 1. The van der Waals surface area contributed by atoms with E-state index in [9.17, 15) is 5.11 Å². The second-order valence-electron chi connectivity index (χ2n) is 4.68. The number of hydrogen-bond acceptors (Lipinski definition) is 4. The highest BCUT2D eigenvalue weighted by atomic mass is 35.5. The summed E-state index contributed by atoms with van der Waals surface area (Å²) in [5.74, 6) is 0.690. The normalized spacial score (nSPS) is 13.9. The number of nitrogens with zero attached hydrogens (tertiary/aromatic N) is 2. The lowest BCUT2D eigenvalue weighted by molar-refractivity contribution is 0.0714. The number of rotatable bonds is 4. The van der Waals surface area contributed by atoms with Gasteiger partial charge in [-0.3, -0.25) is 0 Å². The fraction of sp³-hybridized carbons (Fsp3) is 0.286. The highest BCUT2D eigenvalue weighted by Gasteiger charge is 2.23. The molecule has 5 heteroatoms. The van der Waals surface area contributed by atoms with Crippen molar-refractivity contribution in [3.63, 3.8) is 0 Å². The van der Waals surface area contributed by atoms with Crippen LogP contribution in [0.2, 0.25) is 5.02 Å². The number of aromatic nitrogens is 2. The zero-order chi connectivity index (χ0) is 13.9. The molecule has 0 aliphatic heterocycles. The van der Waals surface area contributed by atoms with Crippen LogP contribution in [0, 0.1) is 6.92 Å². The van der Waals surface area contributed by atoms with Crippen molar-refractivity contribution in [1.29, 1.82) is 0 Å². The average Bonchev–Trinajstić information content (AvgIpc) is 2.37. The quantitative estimate of drug-likeness (QED) is 0.902. The highest BCUT2D eigenvalue weighted by Crippen LogP contribution is 2.23. The van der Waals surface area contributed by atoms with Gasteiger partial charge in [0.25, 0.3) is 0 Å². The van der Waals surface area contributed by atoms with Crippen LogP contribution in [-0.2, 0) is 5.60 Å². The molecule has 1 atom stereocenters. The van der Waals surface area contributed by atoms with Crippen LogP contribution in [0.3, 0.4) is 0 Å². The van der Waals surface area contributed by atoms with E-state index < -0.39 is 5.60 Å². The largest absolute Gasteiger partial charge is 0.384 e. The predicted octanol–water partition coefficient (Wildman–Crippen LogP) is 2.76. The van der Waals surface area contributed by atoms with Gasteiger partial charge in [0.15, 0.2) is 0 Å². The van der Waals surface area contributed by atoms with Gasteiger partial charge >= 0.3 is 0 Å². The van der Waals surface area contributed by atoms with Gasteiger partial charge in [0.2, 0.25) is 0 Å². The Labute approximate surface area is 117 Å². The van der Waals surface area contributed by atoms with Crippen molar-refractivity contribution in [2.45, 2.75) is 19.4 Å². The van der Waals surface area contributed by atoms with Crippen LogP contribution in [0.4, 0.5) is 5.82 Å². The zero-order valence-electron chi connectivity index (χ0n) is 10.9. The van der Waals surface area contributed by atoms with Gasteiger partial charge in [-0.1, -0.05) is 23.7 Å². The van der Waals surface area contributed by atoms with E-state index >= 15 is 0 Å². The van der Waals surface area contributed by atoms with E-state index in [1.807, 2.05) is 25.1 Å². The summed E-state index contributed by atoms with van der Waals surface area (Å²) in [6.45, 7) is 3.96. The first kappa shape index (κ1) is 13.8. The molecule has 1 unspecified atom stereocenters. The van der Waals surface area contributed by atoms with Crippen LogP contribution in [0.1, 0.15) is 18.2 Å². The van der Waals surface area contributed by atoms with Crippen LogP contribution in [-0.4, -0.2) is 21.6 Å². The van der Waals surface area contributed by atoms with E-state index in [2.05, 4.69) is 15.3 Å². The third kappa shape index (κ3) is 3.66. The van der Waals surface area contributed by atoms with Gasteiger partial charge in [0.1, 0.15) is 17.7 Å². The van der Waals surface area contributed by atoms with E-state index in [0.717, 1.165) is 11.3 Å². The number of aryl methyl sites for hydroxylation is 1. The molecule has 1 aromatic carbocycles. The fourth-order valence-electron chi connectivity index (χ4n) is 1.74. The molecule has 4 nitrogen and oxygen atoms in total. The predicted molar refractivity (Wildman–Crippen MR) is 76.3 cm³/mol. The summed E-state index contributed by atoms with van der Waals surface area (Å²) in [6, 6.07) is 9.03. The maximum Gasteiger partial charge on any atom is 0.129 e. The summed E-state index contributed by atoms with van der Waals surface area (Å²) in [5, 5.41) is 14.2. The molecule has 0 radical (unpaired) electrons. The minimum atomic E-state index is -1.02. The summed E-state index contributed by atoms with van der Waals surface area (Å²) in [6.07, 6.45) is 1.49. The van der Waals surface area contributed by atoms with E-state index in [1.165, 1.54) is 6.33 Å². The Morgan fingerprint density at radius 1 is 1.32 bits per heavy atom. The lowest BCUT2D eigenvalue weighted by Gasteiger charge is -2.24. The lowest BCUT2D eigenvalue weighted by atomic mass is 9.96. The Balaban J connectivity index is 2.09. The second kappa shape index (κ2) is 5.55. The minimum Gasteiger partial charge on any atom is -0.384 e. The molecule has 0 aliphatic carbocycles. The van der Waals surface area contributed by atoms with E-state index in [0.29, 0.717) is 17.4 Å². The molecule has 0 saturated heterocycles. The molecular formula is C14H16ClN3O. The van der Waals surface area contributed by atoms with Gasteiger partial charge in [-0.15, -0.1) is 0 Å². The standard InChI is InChI=1S/C14H16ClN3O/c1-10-6-13(18-9-17-10)16-8-14(2,19)11-4-3-5-12(15)7-11/h3-7,9,19H,8H2,1-2H3,(H,16,17,18). The third-order valence-electron chi connectivity index (χ3n) is 2.86. The molecule has 19 heavy (non-hydrogen) atoms. The van der Waals surface area contributed by atoms with Gasteiger partial charge in [-0.25, -0.2) is 9.97 Å². The van der Waals surface area contributed by atoms with Crippen LogP contribution in [0.15, 0.2) is 36.7 Å². The monoisotopic (exact) mass is 277 g/mol. The van der Waals surface area contributed by atoms with Crippen LogP contribution in [0.5, 0.6) is 0 Å². The number of hydrogen-bond donors (Lipinski definition) is 2. The number of anilines is 1. The van der Waals surface area contributed by atoms with Gasteiger partial charge in [0.05, 0.1) is 0 Å². The lowest BCUT2D eigenvalue weighted by Crippen LogP contribution is -2.31. The van der Waals surface area contributed by atoms with Crippen LogP contribution in [0.25, 0.3) is 0 Å². The molecule has 2 N–H and O–H groups in total. The molecule has 0 spiro atoms. The summed E-state index contributed by atoms with van der Waals surface area (Å²) < 4.78 is 0. The smallest absolute Gasteiger partial charge is 0.129 e. The van der Waals surface area contributed by atoms with Crippen molar-refractivity contribution in [2.24, 2.45) is 0 Å². The van der Waals surface area contributed by atoms with Gasteiger partial charge in [-0.05, 0) is 31.5 Å². The Morgan fingerprint density at radius 3 is 2.79 bits per heavy atom. The Kier molecular flexibility index (Phi) is 4.02. The summed E-state index contributed by atoms with van der Waals surface area (Å²) in [7, 11) is 0. The average molecular weight is 278 g/mol. The molecule has 0 aliphatic rings. The molecule has 1 heterocycles. The van der Waals surface area contributed by atoms with Crippen LogP contribution >= 0.6 is 11.6 Å². The molecule has 2 aromatic rings. The summed E-state index contributed by atoms with van der Waals surface area (Å²) in [4.78, 5) is 8.12. The molecule has 2 rings (SSSR count). The van der Waals surface area contributed by atoms with Crippen molar-refractivity contribution in [1.82, 2.24) is 9.97 Å². The zero-order valence-corrected chi connectivity index (χ0v) is 11.6. The second-order valence-corrected chi connectivity index (χ2v) is 5.12. The maximum absolute atomic E-state index is 10.5. The van der Waals surface area contributed by atoms with E-state index in [-0.39, 0.29) is 0 Å². The molecule has 0 fully saturated rings. The fourth-order valence-corrected chi connectivity index (χ4v) is 1.93. The van der Waals surface area contributed by atoms with Crippen molar-refractivity contribution in [3.8, 4) is 0 Å². The van der Waals surface area contributed by atoms with Crippen molar-refractivity contribution < 1.29 is 5.11 Å². The van der Waals surface area contributed by atoms with E-state index in [4.69, 9.17) is 11.6 Å². The van der Waals surface area contributed by atoms with Crippen molar-refractivity contribution in [2.75, 3.05) is 11.9 Å². The highest BCUT2D eigenvalue weighted by molar-refractivity contribution is 6.30. The summed E-state index contributed by atoms with van der Waals surface area (Å²) in [5.41, 5.74) is 0.613. The molecule has 1 aromatic heterocycles. The van der Waals surface area contributed by atoms with Gasteiger partial charge < -0.3 is 10.4 Å². The maximum atomic E-state index is 10.5. The topological polar surface area (TPSA) is 58.0 Å². The Hall–Kier alpha value is -1.65. The van der Waals surface area contributed by atoms with Crippen LogP contribution < -0.4 is 5.32 Å². The number of aliphatic hydroxyl groups is 1. The third-order valence-corrected chi connectivity index (χ3v) is 3.10. The Morgan fingerprint density at radius 2 is 2.11 bits per heavy atom. The summed E-state index contributed by atoms with van der Waals surface area (Å²) >= 11 is 5.94.